The van der Waals surface area contributed by atoms with Gasteiger partial charge in [0.05, 0.1) is 5.02 Å². The van der Waals surface area contributed by atoms with Crippen LogP contribution in [0.5, 0.6) is 0 Å². The topological polar surface area (TPSA) is 26.0 Å². The molecule has 0 saturated heterocycles. The van der Waals surface area contributed by atoms with Gasteiger partial charge in [0.25, 0.3) is 0 Å². The Morgan fingerprint density at radius 1 is 1.29 bits per heavy atom. The second-order valence-corrected chi connectivity index (χ2v) is 3.40. The predicted molar refractivity (Wildman–Crippen MR) is 51.9 cm³/mol. The summed E-state index contributed by atoms with van der Waals surface area (Å²) >= 11 is 11.1. The number of benzene rings is 1. The normalized spacial score (nSPS) is 10.5. The smallest absolute Gasteiger partial charge is 0.226 e. The van der Waals surface area contributed by atoms with Crippen molar-refractivity contribution in [2.45, 2.75) is 0 Å². The molecule has 2 aromatic rings. The SMILES string of the molecule is Fc1c(Cl)cccc1-c1cc(Cl)on1. The Morgan fingerprint density at radius 3 is 2.71 bits per heavy atom. The molecular weight excluding hydrogens is 228 g/mol. The van der Waals surface area contributed by atoms with Gasteiger partial charge in [-0.3, -0.25) is 0 Å². The largest absolute Gasteiger partial charge is 0.344 e. The molecule has 1 aromatic heterocycles. The van der Waals surface area contributed by atoms with E-state index in [2.05, 4.69) is 9.68 Å². The molecule has 0 atom stereocenters. The van der Waals surface area contributed by atoms with E-state index in [0.29, 0.717) is 5.69 Å². The Morgan fingerprint density at radius 2 is 2.07 bits per heavy atom. The lowest BCUT2D eigenvalue weighted by molar-refractivity contribution is 0.423. The van der Waals surface area contributed by atoms with Crippen LogP contribution in [0.2, 0.25) is 10.2 Å². The van der Waals surface area contributed by atoms with E-state index < -0.39 is 5.82 Å². The number of rotatable bonds is 1. The summed E-state index contributed by atoms with van der Waals surface area (Å²) in [7, 11) is 0. The van der Waals surface area contributed by atoms with Crippen molar-refractivity contribution in [3.05, 3.63) is 40.3 Å². The van der Waals surface area contributed by atoms with Crippen molar-refractivity contribution in [2.24, 2.45) is 0 Å². The molecule has 0 fully saturated rings. The molecule has 72 valence electrons. The Hall–Kier alpha value is -1.06. The van der Waals surface area contributed by atoms with Crippen LogP contribution in [0.15, 0.2) is 28.8 Å². The molecule has 0 aliphatic heterocycles. The van der Waals surface area contributed by atoms with E-state index in [4.69, 9.17) is 23.2 Å². The third kappa shape index (κ3) is 1.61. The van der Waals surface area contributed by atoms with Crippen LogP contribution in [0.3, 0.4) is 0 Å². The third-order valence-corrected chi connectivity index (χ3v) is 2.18. The Labute approximate surface area is 89.2 Å². The number of halogens is 3. The van der Waals surface area contributed by atoms with Crippen molar-refractivity contribution in [3.8, 4) is 11.3 Å². The van der Waals surface area contributed by atoms with Gasteiger partial charge in [0.1, 0.15) is 5.69 Å². The molecule has 1 aromatic carbocycles. The first-order valence-corrected chi connectivity index (χ1v) is 4.50. The van der Waals surface area contributed by atoms with Crippen molar-refractivity contribution >= 4 is 23.2 Å². The van der Waals surface area contributed by atoms with Gasteiger partial charge in [-0.25, -0.2) is 4.39 Å². The van der Waals surface area contributed by atoms with Gasteiger partial charge in [-0.1, -0.05) is 22.8 Å². The zero-order chi connectivity index (χ0) is 10.1. The van der Waals surface area contributed by atoms with E-state index in [-0.39, 0.29) is 15.8 Å². The third-order valence-electron chi connectivity index (χ3n) is 1.71. The van der Waals surface area contributed by atoms with Crippen molar-refractivity contribution in [1.29, 1.82) is 0 Å². The monoisotopic (exact) mass is 231 g/mol. The number of nitrogens with zero attached hydrogens (tertiary/aromatic N) is 1. The van der Waals surface area contributed by atoms with Crippen molar-refractivity contribution < 1.29 is 8.91 Å². The van der Waals surface area contributed by atoms with Crippen LogP contribution in [0.25, 0.3) is 11.3 Å². The summed E-state index contributed by atoms with van der Waals surface area (Å²) in [5, 5.41) is 3.74. The molecule has 0 radical (unpaired) electrons. The fourth-order valence-electron chi connectivity index (χ4n) is 1.08. The highest BCUT2D eigenvalue weighted by Gasteiger charge is 2.11. The molecule has 1 heterocycles. The minimum atomic E-state index is -0.529. The quantitative estimate of drug-likeness (QED) is 0.747. The van der Waals surface area contributed by atoms with Gasteiger partial charge in [0, 0.05) is 11.6 Å². The van der Waals surface area contributed by atoms with Gasteiger partial charge in [-0.15, -0.1) is 0 Å². The molecular formula is C9H4Cl2FNO. The molecule has 0 bridgehead atoms. The van der Waals surface area contributed by atoms with Crippen LogP contribution in [0.4, 0.5) is 4.39 Å². The van der Waals surface area contributed by atoms with Gasteiger partial charge in [-0.2, -0.15) is 0 Å². The minimum absolute atomic E-state index is 0.0432. The second kappa shape index (κ2) is 3.59. The van der Waals surface area contributed by atoms with Crippen LogP contribution < -0.4 is 0 Å². The van der Waals surface area contributed by atoms with Crippen LogP contribution in [0, 0.1) is 5.82 Å². The highest BCUT2D eigenvalue weighted by Crippen LogP contribution is 2.27. The maximum atomic E-state index is 13.4. The summed E-state index contributed by atoms with van der Waals surface area (Å²) < 4.78 is 18.1. The molecule has 5 heteroatoms. The van der Waals surface area contributed by atoms with Gasteiger partial charge < -0.3 is 4.52 Å². The second-order valence-electron chi connectivity index (χ2n) is 2.62. The van der Waals surface area contributed by atoms with Crippen LogP contribution in [0.1, 0.15) is 0 Å². The predicted octanol–water partition coefficient (Wildman–Crippen LogP) is 3.79. The summed E-state index contributed by atoms with van der Waals surface area (Å²) in [4.78, 5) is 0. The summed E-state index contributed by atoms with van der Waals surface area (Å²) in [6.07, 6.45) is 0. The van der Waals surface area contributed by atoms with Crippen LogP contribution in [-0.4, -0.2) is 5.16 Å². The molecule has 0 unspecified atom stereocenters. The molecule has 14 heavy (non-hydrogen) atoms. The maximum Gasteiger partial charge on any atom is 0.226 e. The van der Waals surface area contributed by atoms with Crippen LogP contribution >= 0.6 is 23.2 Å². The van der Waals surface area contributed by atoms with Crippen molar-refractivity contribution in [1.82, 2.24) is 5.16 Å². The number of hydrogen-bond donors (Lipinski definition) is 0. The first-order chi connectivity index (χ1) is 6.68. The van der Waals surface area contributed by atoms with E-state index >= 15 is 0 Å². The van der Waals surface area contributed by atoms with E-state index in [0.717, 1.165) is 0 Å². The summed E-state index contributed by atoms with van der Waals surface area (Å²) in [5.41, 5.74) is 0.600. The molecule has 0 saturated carbocycles. The fourth-order valence-corrected chi connectivity index (χ4v) is 1.39. The molecule has 0 aliphatic carbocycles. The van der Waals surface area contributed by atoms with E-state index in [9.17, 15) is 4.39 Å². The first-order valence-electron chi connectivity index (χ1n) is 3.75. The zero-order valence-corrected chi connectivity index (χ0v) is 8.31. The molecule has 2 rings (SSSR count). The minimum Gasteiger partial charge on any atom is -0.344 e. The Bertz CT molecular complexity index is 470. The standard InChI is InChI=1S/C9H4Cl2FNO/c10-6-3-1-2-5(9(6)12)7-4-8(11)14-13-7/h1-4H. The lowest BCUT2D eigenvalue weighted by Crippen LogP contribution is -1.84. The summed E-state index contributed by atoms with van der Waals surface area (Å²) in [6.45, 7) is 0. The molecule has 0 spiro atoms. The maximum absolute atomic E-state index is 13.4. The van der Waals surface area contributed by atoms with Crippen molar-refractivity contribution in [3.63, 3.8) is 0 Å². The molecule has 2 nitrogen and oxygen atoms in total. The average molecular weight is 232 g/mol. The van der Waals surface area contributed by atoms with Crippen LogP contribution in [-0.2, 0) is 0 Å². The number of hydrogen-bond acceptors (Lipinski definition) is 2. The highest BCUT2D eigenvalue weighted by molar-refractivity contribution is 6.31. The van der Waals surface area contributed by atoms with Gasteiger partial charge >= 0.3 is 0 Å². The summed E-state index contributed by atoms with van der Waals surface area (Å²) in [6, 6.07) is 6.07. The molecule has 0 amide bonds. The first kappa shape index (κ1) is 9.49. The highest BCUT2D eigenvalue weighted by atomic mass is 35.5. The average Bonchev–Trinajstić information content (AvgIpc) is 2.57. The fraction of sp³-hybridized carbons (Fsp3) is 0. The van der Waals surface area contributed by atoms with Gasteiger partial charge in [0.2, 0.25) is 5.22 Å². The Balaban J connectivity index is 2.57. The van der Waals surface area contributed by atoms with E-state index in [1.807, 2.05) is 0 Å². The van der Waals surface area contributed by atoms with Gasteiger partial charge in [0.15, 0.2) is 5.82 Å². The number of aromatic nitrogens is 1. The zero-order valence-electron chi connectivity index (χ0n) is 6.80. The van der Waals surface area contributed by atoms with E-state index in [1.54, 1.807) is 12.1 Å². The molecule has 0 N–H and O–H groups in total. The van der Waals surface area contributed by atoms with E-state index in [1.165, 1.54) is 12.1 Å². The summed E-state index contributed by atoms with van der Waals surface area (Å²) in [5.74, 6) is -0.529. The van der Waals surface area contributed by atoms with Gasteiger partial charge in [-0.05, 0) is 23.7 Å². The van der Waals surface area contributed by atoms with Crippen molar-refractivity contribution in [2.75, 3.05) is 0 Å². The lowest BCUT2D eigenvalue weighted by Gasteiger charge is -1.98. The Kier molecular flexibility index (Phi) is 2.44. The molecule has 0 aliphatic rings. The lowest BCUT2D eigenvalue weighted by atomic mass is 10.1.